The fourth-order valence-electron chi connectivity index (χ4n) is 1.91. The number of hydrogen-bond donors (Lipinski definition) is 1. The Balaban J connectivity index is 2.33. The van der Waals surface area contributed by atoms with Crippen molar-refractivity contribution in [3.05, 3.63) is 33.6 Å². The summed E-state index contributed by atoms with van der Waals surface area (Å²) in [7, 11) is 0. The van der Waals surface area contributed by atoms with Gasteiger partial charge in [0.25, 0.3) is 0 Å². The second-order valence-electron chi connectivity index (χ2n) is 6.00. The van der Waals surface area contributed by atoms with E-state index in [1.165, 1.54) is 11.1 Å². The molecule has 0 spiro atoms. The zero-order chi connectivity index (χ0) is 14.9. The molecule has 2 aromatic rings. The number of rotatable bonds is 3. The monoisotopic (exact) mass is 337 g/mol. The highest BCUT2D eigenvalue weighted by molar-refractivity contribution is 9.10. The number of halogens is 1. The number of hydrogen-bond acceptors (Lipinski definition) is 4. The summed E-state index contributed by atoms with van der Waals surface area (Å²) in [5.41, 5.74) is 3.36. The van der Waals surface area contributed by atoms with E-state index in [-0.39, 0.29) is 5.54 Å². The molecule has 0 saturated heterocycles. The molecular formula is C14H20BrN5. The average molecular weight is 338 g/mol. The van der Waals surface area contributed by atoms with Gasteiger partial charge in [-0.3, -0.25) is 0 Å². The predicted molar refractivity (Wildman–Crippen MR) is 82.9 cm³/mol. The second-order valence-corrected chi connectivity index (χ2v) is 6.80. The van der Waals surface area contributed by atoms with Crippen molar-refractivity contribution < 1.29 is 0 Å². The maximum absolute atomic E-state index is 4.11. The van der Waals surface area contributed by atoms with Gasteiger partial charge in [-0.2, -0.15) is 4.68 Å². The van der Waals surface area contributed by atoms with Gasteiger partial charge in [-0.05, 0) is 68.3 Å². The third kappa shape index (κ3) is 3.43. The summed E-state index contributed by atoms with van der Waals surface area (Å²) < 4.78 is 2.91. The van der Waals surface area contributed by atoms with E-state index in [9.17, 15) is 0 Å². The molecule has 1 N–H and O–H groups in total. The lowest BCUT2D eigenvalue weighted by atomic mass is 10.1. The number of aryl methyl sites for hydroxylation is 2. The molecule has 5 nitrogen and oxygen atoms in total. The summed E-state index contributed by atoms with van der Waals surface area (Å²) >= 11 is 3.58. The maximum Gasteiger partial charge on any atom is 0.170 e. The fraction of sp³-hybridized carbons (Fsp3) is 0.500. The van der Waals surface area contributed by atoms with Crippen LogP contribution in [0.2, 0.25) is 0 Å². The molecule has 0 saturated carbocycles. The Morgan fingerprint density at radius 1 is 1.20 bits per heavy atom. The molecule has 108 valence electrons. The number of tetrazole rings is 1. The zero-order valence-electron chi connectivity index (χ0n) is 12.5. The minimum atomic E-state index is 0.0301. The Hall–Kier alpha value is -1.27. The third-order valence-corrected chi connectivity index (χ3v) is 4.23. The molecule has 0 amide bonds. The molecule has 1 aromatic carbocycles. The van der Waals surface area contributed by atoms with Crippen molar-refractivity contribution >= 4 is 15.9 Å². The van der Waals surface area contributed by atoms with Gasteiger partial charge in [0, 0.05) is 10.0 Å². The SMILES string of the molecule is Cc1cc(-n2nnnc2CNC(C)(C)C)cc(C)c1Br. The van der Waals surface area contributed by atoms with Crippen LogP contribution in [0.3, 0.4) is 0 Å². The first-order valence-electron chi connectivity index (χ1n) is 6.57. The maximum atomic E-state index is 4.11. The Morgan fingerprint density at radius 3 is 2.35 bits per heavy atom. The van der Waals surface area contributed by atoms with Crippen LogP contribution in [0.5, 0.6) is 0 Å². The summed E-state index contributed by atoms with van der Waals surface area (Å²) in [5, 5.41) is 15.4. The first kappa shape index (κ1) is 15.1. The lowest BCUT2D eigenvalue weighted by molar-refractivity contribution is 0.415. The minimum Gasteiger partial charge on any atom is -0.305 e. The largest absolute Gasteiger partial charge is 0.305 e. The van der Waals surface area contributed by atoms with Crippen LogP contribution >= 0.6 is 15.9 Å². The summed E-state index contributed by atoms with van der Waals surface area (Å²) in [6.45, 7) is 11.1. The zero-order valence-corrected chi connectivity index (χ0v) is 14.1. The molecule has 0 aliphatic rings. The van der Waals surface area contributed by atoms with Crippen molar-refractivity contribution in [3.8, 4) is 5.69 Å². The Labute approximate surface area is 127 Å². The quantitative estimate of drug-likeness (QED) is 0.935. The van der Waals surface area contributed by atoms with Crippen LogP contribution in [0.4, 0.5) is 0 Å². The normalized spacial score (nSPS) is 11.9. The Morgan fingerprint density at radius 2 is 1.80 bits per heavy atom. The van der Waals surface area contributed by atoms with E-state index in [2.05, 4.69) is 83.5 Å². The van der Waals surface area contributed by atoms with E-state index < -0.39 is 0 Å². The topological polar surface area (TPSA) is 55.6 Å². The van der Waals surface area contributed by atoms with Crippen LogP contribution in [0.25, 0.3) is 5.69 Å². The molecule has 0 bridgehead atoms. The minimum absolute atomic E-state index is 0.0301. The van der Waals surface area contributed by atoms with E-state index in [4.69, 9.17) is 0 Å². The first-order chi connectivity index (χ1) is 9.28. The third-order valence-electron chi connectivity index (χ3n) is 2.98. The summed E-state index contributed by atoms with van der Waals surface area (Å²) in [4.78, 5) is 0. The number of nitrogens with zero attached hydrogens (tertiary/aromatic N) is 4. The van der Waals surface area contributed by atoms with Crippen LogP contribution in [0.1, 0.15) is 37.7 Å². The van der Waals surface area contributed by atoms with Crippen molar-refractivity contribution in [1.29, 1.82) is 0 Å². The molecular weight excluding hydrogens is 318 g/mol. The van der Waals surface area contributed by atoms with Gasteiger partial charge >= 0.3 is 0 Å². The molecule has 0 unspecified atom stereocenters. The smallest absolute Gasteiger partial charge is 0.170 e. The van der Waals surface area contributed by atoms with Crippen molar-refractivity contribution in [1.82, 2.24) is 25.5 Å². The van der Waals surface area contributed by atoms with Crippen LogP contribution in [-0.4, -0.2) is 25.7 Å². The molecule has 0 radical (unpaired) electrons. The van der Waals surface area contributed by atoms with Crippen LogP contribution in [0, 0.1) is 13.8 Å². The van der Waals surface area contributed by atoms with Crippen LogP contribution in [0.15, 0.2) is 16.6 Å². The van der Waals surface area contributed by atoms with Gasteiger partial charge in [0.1, 0.15) is 0 Å². The van der Waals surface area contributed by atoms with Gasteiger partial charge in [-0.15, -0.1) is 5.10 Å². The van der Waals surface area contributed by atoms with Crippen molar-refractivity contribution in [2.75, 3.05) is 0 Å². The molecule has 0 aliphatic carbocycles. The van der Waals surface area contributed by atoms with Crippen LogP contribution in [-0.2, 0) is 6.54 Å². The van der Waals surface area contributed by atoms with E-state index in [1.807, 2.05) is 0 Å². The Bertz CT molecular complexity index is 589. The highest BCUT2D eigenvalue weighted by Crippen LogP contribution is 2.24. The second kappa shape index (κ2) is 5.61. The molecule has 0 aliphatic heterocycles. The summed E-state index contributed by atoms with van der Waals surface area (Å²) in [6, 6.07) is 4.15. The molecule has 1 aromatic heterocycles. The van der Waals surface area contributed by atoms with Crippen molar-refractivity contribution in [3.63, 3.8) is 0 Å². The van der Waals surface area contributed by atoms with Gasteiger partial charge in [0.15, 0.2) is 5.82 Å². The summed E-state index contributed by atoms with van der Waals surface area (Å²) in [6.07, 6.45) is 0. The highest BCUT2D eigenvalue weighted by Gasteiger charge is 2.14. The molecule has 0 fully saturated rings. The molecule has 1 heterocycles. The molecule has 20 heavy (non-hydrogen) atoms. The molecule has 2 rings (SSSR count). The summed E-state index contributed by atoms with van der Waals surface area (Å²) in [5.74, 6) is 0.807. The van der Waals surface area contributed by atoms with Gasteiger partial charge in [-0.25, -0.2) is 0 Å². The lowest BCUT2D eigenvalue weighted by Gasteiger charge is -2.20. The van der Waals surface area contributed by atoms with Gasteiger partial charge < -0.3 is 5.32 Å². The molecule has 0 atom stereocenters. The average Bonchev–Trinajstić information content (AvgIpc) is 2.80. The fourth-order valence-corrected chi connectivity index (χ4v) is 2.13. The van der Waals surface area contributed by atoms with Gasteiger partial charge in [-0.1, -0.05) is 15.9 Å². The van der Waals surface area contributed by atoms with Crippen LogP contribution < -0.4 is 5.32 Å². The number of nitrogens with one attached hydrogen (secondary N) is 1. The van der Waals surface area contributed by atoms with E-state index in [0.717, 1.165) is 16.0 Å². The van der Waals surface area contributed by atoms with E-state index >= 15 is 0 Å². The molecule has 6 heteroatoms. The number of aromatic nitrogens is 4. The van der Waals surface area contributed by atoms with E-state index in [1.54, 1.807) is 4.68 Å². The standard InChI is InChI=1S/C14H20BrN5/c1-9-6-11(7-10(2)13(9)15)20-12(17-18-19-20)8-16-14(3,4)5/h6-7,16H,8H2,1-5H3. The Kier molecular flexibility index (Phi) is 4.25. The van der Waals surface area contributed by atoms with Crippen molar-refractivity contribution in [2.24, 2.45) is 0 Å². The number of benzene rings is 1. The lowest BCUT2D eigenvalue weighted by Crippen LogP contribution is -2.35. The first-order valence-corrected chi connectivity index (χ1v) is 7.36. The van der Waals surface area contributed by atoms with Crippen molar-refractivity contribution in [2.45, 2.75) is 46.7 Å². The van der Waals surface area contributed by atoms with E-state index in [0.29, 0.717) is 6.54 Å². The highest BCUT2D eigenvalue weighted by atomic mass is 79.9. The predicted octanol–water partition coefficient (Wildman–Crippen LogP) is 2.93. The van der Waals surface area contributed by atoms with Gasteiger partial charge in [0.05, 0.1) is 12.2 Å². The van der Waals surface area contributed by atoms with Gasteiger partial charge in [0.2, 0.25) is 0 Å².